The molecule has 0 aromatic heterocycles. The lowest BCUT2D eigenvalue weighted by molar-refractivity contribution is 0.340. The molecule has 10 heavy (non-hydrogen) atoms. The Bertz CT molecular complexity index is 177. The lowest BCUT2D eigenvalue weighted by Crippen LogP contribution is -2.15. The third-order valence-corrected chi connectivity index (χ3v) is 3.54. The van der Waals surface area contributed by atoms with Crippen LogP contribution in [0.2, 0.25) is 0 Å². The highest BCUT2D eigenvalue weighted by molar-refractivity contribution is 9.11. The van der Waals surface area contributed by atoms with Crippen molar-refractivity contribution < 1.29 is 12.6 Å². The van der Waals surface area contributed by atoms with E-state index >= 15 is 0 Å². The SMILES string of the molecule is CC(Br)S(=O)(=O)OCCCl. The minimum atomic E-state index is -3.43. The summed E-state index contributed by atoms with van der Waals surface area (Å²) in [5, 5.41) is 0. The van der Waals surface area contributed by atoms with Crippen LogP contribution in [0.4, 0.5) is 0 Å². The van der Waals surface area contributed by atoms with E-state index in [2.05, 4.69) is 20.1 Å². The van der Waals surface area contributed by atoms with Gasteiger partial charge in [0.05, 0.1) is 6.61 Å². The Balaban J connectivity index is 3.90. The molecule has 0 rings (SSSR count). The van der Waals surface area contributed by atoms with E-state index in [9.17, 15) is 8.42 Å². The third-order valence-electron chi connectivity index (χ3n) is 0.723. The number of rotatable bonds is 4. The standard InChI is InChI=1S/C4H8BrClO3S/c1-4(5)10(7,8)9-3-2-6/h4H,2-3H2,1H3. The van der Waals surface area contributed by atoms with Gasteiger partial charge in [-0.1, -0.05) is 15.9 Å². The van der Waals surface area contributed by atoms with Gasteiger partial charge in [-0.25, -0.2) is 0 Å². The highest BCUT2D eigenvalue weighted by Crippen LogP contribution is 2.09. The number of halogens is 2. The van der Waals surface area contributed by atoms with Crippen molar-refractivity contribution >= 4 is 37.6 Å². The van der Waals surface area contributed by atoms with Crippen LogP contribution in [-0.4, -0.2) is 25.1 Å². The molecule has 0 spiro atoms. The van der Waals surface area contributed by atoms with Crippen LogP contribution in [0.25, 0.3) is 0 Å². The fraction of sp³-hybridized carbons (Fsp3) is 1.00. The summed E-state index contributed by atoms with van der Waals surface area (Å²) in [6, 6.07) is 0. The van der Waals surface area contributed by atoms with Gasteiger partial charge in [-0.3, -0.25) is 4.18 Å². The molecule has 0 aliphatic heterocycles. The van der Waals surface area contributed by atoms with Gasteiger partial charge in [0, 0.05) is 5.88 Å². The molecular weight excluding hydrogens is 243 g/mol. The van der Waals surface area contributed by atoms with E-state index in [1.165, 1.54) is 6.92 Å². The van der Waals surface area contributed by atoms with Crippen LogP contribution >= 0.6 is 27.5 Å². The zero-order valence-corrected chi connectivity index (χ0v) is 8.54. The molecule has 0 radical (unpaired) electrons. The topological polar surface area (TPSA) is 43.4 Å². The van der Waals surface area contributed by atoms with Crippen molar-refractivity contribution in [2.24, 2.45) is 0 Å². The Hall–Kier alpha value is 0.680. The maximum absolute atomic E-state index is 10.8. The first-order chi connectivity index (χ1) is 4.50. The summed E-state index contributed by atoms with van der Waals surface area (Å²) >= 11 is 8.08. The van der Waals surface area contributed by atoms with E-state index in [1.807, 2.05) is 0 Å². The molecule has 0 N–H and O–H groups in total. The van der Waals surface area contributed by atoms with Crippen LogP contribution < -0.4 is 0 Å². The lowest BCUT2D eigenvalue weighted by atomic mass is 10.9. The Morgan fingerprint density at radius 1 is 1.70 bits per heavy atom. The smallest absolute Gasteiger partial charge is 0.268 e. The second-order valence-corrected chi connectivity index (χ2v) is 5.83. The number of hydrogen-bond acceptors (Lipinski definition) is 3. The van der Waals surface area contributed by atoms with E-state index in [0.29, 0.717) is 0 Å². The third kappa shape index (κ3) is 3.75. The fourth-order valence-electron chi connectivity index (χ4n) is 0.241. The van der Waals surface area contributed by atoms with Gasteiger partial charge in [-0.2, -0.15) is 8.42 Å². The van der Waals surface area contributed by atoms with Gasteiger partial charge in [0.1, 0.15) is 4.16 Å². The maximum Gasteiger partial charge on any atom is 0.280 e. The van der Waals surface area contributed by atoms with Gasteiger partial charge in [0.25, 0.3) is 10.1 Å². The van der Waals surface area contributed by atoms with Crippen LogP contribution in [-0.2, 0) is 14.3 Å². The summed E-state index contributed by atoms with van der Waals surface area (Å²) in [5.41, 5.74) is 0. The second-order valence-electron chi connectivity index (χ2n) is 1.55. The van der Waals surface area contributed by atoms with Gasteiger partial charge in [-0.15, -0.1) is 11.6 Å². The molecule has 1 atom stereocenters. The Morgan fingerprint density at radius 2 is 2.20 bits per heavy atom. The van der Waals surface area contributed by atoms with Crippen LogP contribution in [0, 0.1) is 0 Å². The first-order valence-corrected chi connectivity index (χ1v) is 5.51. The van der Waals surface area contributed by atoms with Gasteiger partial charge in [0.15, 0.2) is 0 Å². The minimum absolute atomic E-state index is 0.0276. The quantitative estimate of drug-likeness (QED) is 0.559. The van der Waals surface area contributed by atoms with Crippen molar-refractivity contribution in [2.75, 3.05) is 12.5 Å². The van der Waals surface area contributed by atoms with Crippen molar-refractivity contribution in [1.82, 2.24) is 0 Å². The molecule has 0 bridgehead atoms. The first kappa shape index (κ1) is 10.7. The average Bonchev–Trinajstić information content (AvgIpc) is 1.84. The molecule has 0 aliphatic rings. The molecule has 0 aromatic rings. The van der Waals surface area contributed by atoms with E-state index < -0.39 is 14.3 Å². The molecule has 6 heteroatoms. The number of hydrogen-bond donors (Lipinski definition) is 0. The molecule has 1 unspecified atom stereocenters. The molecule has 0 saturated heterocycles. The summed E-state index contributed by atoms with van der Waals surface area (Å²) < 4.78 is 25.3. The van der Waals surface area contributed by atoms with Gasteiger partial charge < -0.3 is 0 Å². The van der Waals surface area contributed by atoms with Crippen molar-refractivity contribution in [2.45, 2.75) is 11.1 Å². The molecular formula is C4H8BrClO3S. The molecule has 0 heterocycles. The van der Waals surface area contributed by atoms with Crippen molar-refractivity contribution in [3.05, 3.63) is 0 Å². The van der Waals surface area contributed by atoms with Gasteiger partial charge in [0.2, 0.25) is 0 Å². The molecule has 3 nitrogen and oxygen atoms in total. The highest BCUT2D eigenvalue weighted by atomic mass is 79.9. The Morgan fingerprint density at radius 3 is 2.50 bits per heavy atom. The highest BCUT2D eigenvalue weighted by Gasteiger charge is 2.17. The Labute approximate surface area is 74.0 Å². The van der Waals surface area contributed by atoms with Crippen LogP contribution in [0.15, 0.2) is 0 Å². The maximum atomic E-state index is 10.8. The summed E-state index contributed by atoms with van der Waals surface area (Å²) in [6.07, 6.45) is 0. The van der Waals surface area contributed by atoms with Crippen molar-refractivity contribution in [1.29, 1.82) is 0 Å². The van der Waals surface area contributed by atoms with Gasteiger partial charge in [-0.05, 0) is 6.92 Å². The molecule has 0 aromatic carbocycles. The van der Waals surface area contributed by atoms with Crippen LogP contribution in [0.5, 0.6) is 0 Å². The lowest BCUT2D eigenvalue weighted by Gasteiger charge is -2.04. The molecule has 0 saturated carbocycles. The van der Waals surface area contributed by atoms with E-state index in [-0.39, 0.29) is 12.5 Å². The summed E-state index contributed by atoms with van der Waals surface area (Å²) in [7, 11) is -3.43. The zero-order chi connectivity index (χ0) is 8.20. The Kier molecular flexibility index (Phi) is 4.84. The molecule has 0 fully saturated rings. The summed E-state index contributed by atoms with van der Waals surface area (Å²) in [5.74, 6) is 0.180. The van der Waals surface area contributed by atoms with Crippen molar-refractivity contribution in [3.8, 4) is 0 Å². The largest absolute Gasteiger partial charge is 0.280 e. The van der Waals surface area contributed by atoms with Crippen LogP contribution in [0.1, 0.15) is 6.92 Å². The van der Waals surface area contributed by atoms with Gasteiger partial charge >= 0.3 is 0 Å². The second kappa shape index (κ2) is 4.54. The zero-order valence-electron chi connectivity index (χ0n) is 5.38. The van der Waals surface area contributed by atoms with Crippen molar-refractivity contribution in [3.63, 3.8) is 0 Å². The summed E-state index contributed by atoms with van der Waals surface area (Å²) in [6.45, 7) is 1.50. The van der Waals surface area contributed by atoms with E-state index in [4.69, 9.17) is 11.6 Å². The average molecular weight is 252 g/mol. The predicted octanol–water partition coefficient (Wildman–Crippen LogP) is 1.31. The monoisotopic (exact) mass is 250 g/mol. The predicted molar refractivity (Wildman–Crippen MR) is 44.0 cm³/mol. The molecule has 62 valence electrons. The number of alkyl halides is 2. The first-order valence-electron chi connectivity index (χ1n) is 2.59. The fourth-order valence-corrected chi connectivity index (χ4v) is 1.24. The summed E-state index contributed by atoms with van der Waals surface area (Å²) in [4.78, 5) is 0. The molecule has 0 aliphatic carbocycles. The minimum Gasteiger partial charge on any atom is -0.268 e. The van der Waals surface area contributed by atoms with Crippen LogP contribution in [0.3, 0.4) is 0 Å². The van der Waals surface area contributed by atoms with E-state index in [0.717, 1.165) is 0 Å². The normalized spacial score (nSPS) is 15.1. The molecule has 0 amide bonds. The van der Waals surface area contributed by atoms with E-state index in [1.54, 1.807) is 0 Å².